The van der Waals surface area contributed by atoms with Gasteiger partial charge >= 0.3 is 6.16 Å². The third kappa shape index (κ3) is 40.9. The molecule has 54 heavy (non-hydrogen) atoms. The Balaban J connectivity index is 0.000000782. The van der Waals surface area contributed by atoms with Gasteiger partial charge in [-0.05, 0) is 24.3 Å². The standard InChI is InChI=1S/2C19H40.C13H10O3/c2*1-3-5-7-9-11-13-15-17-19-18-16-14-12-10-8-6-4-2;14-13(15-11-7-3-1-4-8-11)16-12-9-5-2-6-10-12/h2*3-19H2,1-2H3;1-10H. The lowest BCUT2D eigenvalue weighted by molar-refractivity contribution is 0.152. The zero-order chi connectivity index (χ0) is 39.3. The van der Waals surface area contributed by atoms with Crippen LogP contribution in [0.5, 0.6) is 11.5 Å². The second-order valence-electron chi connectivity index (χ2n) is 15.7. The molecule has 0 unspecified atom stereocenters. The molecule has 0 aromatic heterocycles. The van der Waals surface area contributed by atoms with Gasteiger partial charge in [0, 0.05) is 0 Å². The first-order chi connectivity index (χ1) is 26.7. The van der Waals surface area contributed by atoms with Gasteiger partial charge in [0.25, 0.3) is 0 Å². The van der Waals surface area contributed by atoms with Crippen LogP contribution in [0.3, 0.4) is 0 Å². The first-order valence-electron chi connectivity index (χ1n) is 23.7. The molecule has 0 radical (unpaired) electrons. The summed E-state index contributed by atoms with van der Waals surface area (Å²) in [6.45, 7) is 9.18. The molecule has 0 N–H and O–H groups in total. The summed E-state index contributed by atoms with van der Waals surface area (Å²) in [6.07, 6.45) is 49.1. The van der Waals surface area contributed by atoms with Gasteiger partial charge in [-0.2, -0.15) is 0 Å². The Morgan fingerprint density at radius 3 is 0.630 bits per heavy atom. The normalized spacial score (nSPS) is 10.6. The maximum absolute atomic E-state index is 11.3. The molecule has 0 bridgehead atoms. The summed E-state index contributed by atoms with van der Waals surface area (Å²) >= 11 is 0. The van der Waals surface area contributed by atoms with E-state index in [4.69, 9.17) is 9.47 Å². The van der Waals surface area contributed by atoms with E-state index in [-0.39, 0.29) is 0 Å². The Morgan fingerprint density at radius 2 is 0.463 bits per heavy atom. The van der Waals surface area contributed by atoms with E-state index in [1.54, 1.807) is 48.5 Å². The van der Waals surface area contributed by atoms with Crippen LogP contribution in [0, 0.1) is 0 Å². The summed E-state index contributed by atoms with van der Waals surface area (Å²) in [5.74, 6) is 0.923. The molecule has 0 aliphatic rings. The molecule has 0 saturated heterocycles. The molecule has 3 nitrogen and oxygen atoms in total. The second kappa shape index (κ2) is 45.1. The van der Waals surface area contributed by atoms with Gasteiger partial charge in [0.05, 0.1) is 0 Å². The molecule has 2 aromatic rings. The predicted octanol–water partition coefficient (Wildman–Crippen LogP) is 18.6. The fraction of sp³-hybridized carbons (Fsp3) is 0.745. The Hall–Kier alpha value is -2.29. The van der Waals surface area contributed by atoms with Crippen LogP contribution in [-0.4, -0.2) is 6.16 Å². The van der Waals surface area contributed by atoms with E-state index in [2.05, 4.69) is 27.7 Å². The second-order valence-corrected chi connectivity index (χ2v) is 15.7. The van der Waals surface area contributed by atoms with Crippen molar-refractivity contribution in [2.45, 2.75) is 246 Å². The SMILES string of the molecule is CCCCCCCCCCCCCCCCCCC.CCCCCCCCCCCCCCCCCCC.O=C(Oc1ccccc1)Oc1ccccc1. The maximum atomic E-state index is 11.3. The molecular formula is C51H90O3. The molecule has 0 amide bonds. The average molecular weight is 751 g/mol. The topological polar surface area (TPSA) is 35.5 Å². The lowest BCUT2D eigenvalue weighted by Gasteiger charge is -2.04. The van der Waals surface area contributed by atoms with Gasteiger partial charge in [-0.25, -0.2) is 4.79 Å². The van der Waals surface area contributed by atoms with E-state index in [0.29, 0.717) is 11.5 Å². The molecule has 3 heteroatoms. The molecular weight excluding hydrogens is 661 g/mol. The van der Waals surface area contributed by atoms with Crippen molar-refractivity contribution in [2.75, 3.05) is 0 Å². The Morgan fingerprint density at radius 1 is 0.296 bits per heavy atom. The summed E-state index contributed by atoms with van der Waals surface area (Å²) in [5, 5.41) is 0. The number of carbonyl (C=O) groups excluding carboxylic acids is 1. The molecule has 0 saturated carbocycles. The zero-order valence-corrected chi connectivity index (χ0v) is 36.5. The molecule has 312 valence electrons. The first kappa shape index (κ1) is 51.7. The van der Waals surface area contributed by atoms with E-state index >= 15 is 0 Å². The van der Waals surface area contributed by atoms with Crippen molar-refractivity contribution < 1.29 is 14.3 Å². The van der Waals surface area contributed by atoms with Crippen LogP contribution in [-0.2, 0) is 0 Å². The van der Waals surface area contributed by atoms with Gasteiger partial charge < -0.3 is 9.47 Å². The van der Waals surface area contributed by atoms with E-state index in [1.807, 2.05) is 12.1 Å². The summed E-state index contributed by atoms with van der Waals surface area (Å²) in [4.78, 5) is 11.3. The van der Waals surface area contributed by atoms with Crippen molar-refractivity contribution in [2.24, 2.45) is 0 Å². The lowest BCUT2D eigenvalue weighted by atomic mass is 10.0. The van der Waals surface area contributed by atoms with Crippen LogP contribution in [0.1, 0.15) is 246 Å². The van der Waals surface area contributed by atoms with Crippen LogP contribution >= 0.6 is 0 Å². The van der Waals surface area contributed by atoms with E-state index in [0.717, 1.165) is 0 Å². The average Bonchev–Trinajstić information content (AvgIpc) is 3.19. The van der Waals surface area contributed by atoms with Crippen LogP contribution in [0.15, 0.2) is 60.7 Å². The third-order valence-electron chi connectivity index (χ3n) is 10.3. The van der Waals surface area contributed by atoms with Gasteiger partial charge in [0.2, 0.25) is 0 Å². The summed E-state index contributed by atoms with van der Waals surface area (Å²) in [5.41, 5.74) is 0. The number of ether oxygens (including phenoxy) is 2. The minimum atomic E-state index is -0.739. The molecule has 0 atom stereocenters. The van der Waals surface area contributed by atoms with E-state index < -0.39 is 6.16 Å². The van der Waals surface area contributed by atoms with Crippen molar-refractivity contribution in [3.63, 3.8) is 0 Å². The molecule has 2 aromatic carbocycles. The molecule has 0 aliphatic heterocycles. The van der Waals surface area contributed by atoms with Crippen molar-refractivity contribution in [1.29, 1.82) is 0 Å². The number of unbranched alkanes of at least 4 members (excludes halogenated alkanes) is 32. The first-order valence-corrected chi connectivity index (χ1v) is 23.7. The highest BCUT2D eigenvalue weighted by Gasteiger charge is 2.06. The highest BCUT2D eigenvalue weighted by Crippen LogP contribution is 2.16. The Kier molecular flexibility index (Phi) is 43.2. The minimum absolute atomic E-state index is 0.462. The number of hydrogen-bond donors (Lipinski definition) is 0. The summed E-state index contributed by atoms with van der Waals surface area (Å²) < 4.78 is 9.91. The summed E-state index contributed by atoms with van der Waals surface area (Å²) in [7, 11) is 0. The van der Waals surface area contributed by atoms with Crippen molar-refractivity contribution in [1.82, 2.24) is 0 Å². The molecule has 2 rings (SSSR count). The van der Waals surface area contributed by atoms with Gasteiger partial charge in [0.1, 0.15) is 11.5 Å². The highest BCUT2D eigenvalue weighted by atomic mass is 16.7. The Labute approximate surface area is 337 Å². The molecule has 0 fully saturated rings. The predicted molar refractivity (Wildman–Crippen MR) is 239 cm³/mol. The van der Waals surface area contributed by atoms with Gasteiger partial charge in [-0.15, -0.1) is 0 Å². The molecule has 0 aliphatic carbocycles. The quantitative estimate of drug-likeness (QED) is 0.0406. The Bertz CT molecular complexity index is 850. The van der Waals surface area contributed by atoms with Crippen LogP contribution in [0.4, 0.5) is 4.79 Å². The number of carbonyl (C=O) groups is 1. The van der Waals surface area contributed by atoms with Crippen molar-refractivity contribution in [3.05, 3.63) is 60.7 Å². The maximum Gasteiger partial charge on any atom is 0.519 e. The summed E-state index contributed by atoms with van der Waals surface area (Å²) in [6, 6.07) is 17.6. The van der Waals surface area contributed by atoms with Crippen LogP contribution < -0.4 is 9.47 Å². The third-order valence-corrected chi connectivity index (χ3v) is 10.3. The number of benzene rings is 2. The molecule has 0 spiro atoms. The number of rotatable bonds is 34. The molecule has 0 heterocycles. The smallest absolute Gasteiger partial charge is 0.395 e. The minimum Gasteiger partial charge on any atom is -0.395 e. The lowest BCUT2D eigenvalue weighted by Crippen LogP contribution is -2.13. The van der Waals surface area contributed by atoms with Crippen molar-refractivity contribution in [3.8, 4) is 11.5 Å². The highest BCUT2D eigenvalue weighted by molar-refractivity contribution is 5.66. The fourth-order valence-corrected chi connectivity index (χ4v) is 6.79. The largest absolute Gasteiger partial charge is 0.519 e. The van der Waals surface area contributed by atoms with Crippen molar-refractivity contribution >= 4 is 6.16 Å². The van der Waals surface area contributed by atoms with Crippen LogP contribution in [0.25, 0.3) is 0 Å². The number of para-hydroxylation sites is 2. The van der Waals surface area contributed by atoms with E-state index in [1.165, 1.54) is 218 Å². The van der Waals surface area contributed by atoms with Crippen LogP contribution in [0.2, 0.25) is 0 Å². The van der Waals surface area contributed by atoms with Gasteiger partial charge in [0.15, 0.2) is 0 Å². The van der Waals surface area contributed by atoms with E-state index in [9.17, 15) is 4.79 Å². The number of hydrogen-bond acceptors (Lipinski definition) is 3. The zero-order valence-electron chi connectivity index (χ0n) is 36.5. The monoisotopic (exact) mass is 751 g/mol. The van der Waals surface area contributed by atoms with Gasteiger partial charge in [-0.1, -0.05) is 282 Å². The fourth-order valence-electron chi connectivity index (χ4n) is 6.79. The van der Waals surface area contributed by atoms with Gasteiger partial charge in [-0.3, -0.25) is 0 Å².